The minimum Gasteiger partial charge on any atom is -0.295 e. The van der Waals surface area contributed by atoms with Gasteiger partial charge in [0.15, 0.2) is 0 Å². The third kappa shape index (κ3) is 5.13. The lowest BCUT2D eigenvalue weighted by Crippen LogP contribution is -2.24. The second-order valence-corrected chi connectivity index (χ2v) is 9.38. The number of non-ortho nitro benzene ring substituents is 2. The molecule has 12 heteroatoms. The molecular formula is C29H24N6O6. The van der Waals surface area contributed by atoms with Crippen molar-refractivity contribution in [1.82, 2.24) is 19.6 Å². The zero-order valence-electron chi connectivity index (χ0n) is 22.0. The van der Waals surface area contributed by atoms with Gasteiger partial charge in [0, 0.05) is 41.6 Å². The summed E-state index contributed by atoms with van der Waals surface area (Å²) >= 11 is 0. The second-order valence-electron chi connectivity index (χ2n) is 9.38. The van der Waals surface area contributed by atoms with Crippen molar-refractivity contribution in [3.63, 3.8) is 0 Å². The monoisotopic (exact) mass is 552 g/mol. The number of hydrogen-bond acceptors (Lipinski definition) is 6. The summed E-state index contributed by atoms with van der Waals surface area (Å²) in [4.78, 5) is 48.8. The van der Waals surface area contributed by atoms with Gasteiger partial charge in [-0.2, -0.15) is 0 Å². The van der Waals surface area contributed by atoms with Crippen molar-refractivity contribution in [3.05, 3.63) is 154 Å². The maximum Gasteiger partial charge on any atom is 0.275 e. The first-order valence-corrected chi connectivity index (χ1v) is 12.5. The molecule has 3 aromatic carbocycles. The molecule has 0 aliphatic rings. The minimum absolute atomic E-state index is 0.108. The number of nitrogens with one attached hydrogen (secondary N) is 2. The number of rotatable bonds is 8. The topological polar surface area (TPSA) is 162 Å². The summed E-state index contributed by atoms with van der Waals surface area (Å²) in [5, 5.41) is 28.2. The van der Waals surface area contributed by atoms with E-state index >= 15 is 0 Å². The van der Waals surface area contributed by atoms with E-state index < -0.39 is 26.9 Å². The average molecular weight is 553 g/mol. The van der Waals surface area contributed by atoms with E-state index in [-0.39, 0.29) is 11.4 Å². The Balaban J connectivity index is 1.66. The summed E-state index contributed by atoms with van der Waals surface area (Å²) in [5.74, 6) is -0.777. The number of aromatic nitrogens is 4. The molecule has 0 bridgehead atoms. The molecule has 0 aliphatic heterocycles. The Kier molecular flexibility index (Phi) is 7.04. The summed E-state index contributed by atoms with van der Waals surface area (Å²) < 4.78 is 2.57. The number of allylic oxidation sites excluding steroid dienone is 1. The van der Waals surface area contributed by atoms with Gasteiger partial charge < -0.3 is 0 Å². The standard InChI is InChI=1S/C29H24N6O6/c1-18-26(28(36)32(30-18)21-9-13-23(14-10-21)34(38)39)25(17-8-20-6-4-3-5-7-20)27-19(2)31-33(29(27)37)22-11-15-24(16-12-22)35(40)41/h3-17,25,30-31H,1-2H3/b17-8+. The first kappa shape index (κ1) is 26.8. The number of aryl methyl sites for hydroxylation is 2. The van der Waals surface area contributed by atoms with Crippen LogP contribution in [0.25, 0.3) is 17.5 Å². The van der Waals surface area contributed by atoms with Gasteiger partial charge in [0.05, 0.1) is 32.3 Å². The van der Waals surface area contributed by atoms with E-state index in [1.807, 2.05) is 36.4 Å². The van der Waals surface area contributed by atoms with Crippen molar-refractivity contribution >= 4 is 17.5 Å². The summed E-state index contributed by atoms with van der Waals surface area (Å²) in [6.45, 7) is 3.44. The molecule has 2 aromatic heterocycles. The maximum atomic E-state index is 13.8. The molecule has 41 heavy (non-hydrogen) atoms. The van der Waals surface area contributed by atoms with E-state index in [0.717, 1.165) is 5.56 Å². The van der Waals surface area contributed by atoms with Crippen molar-refractivity contribution < 1.29 is 9.85 Å². The molecule has 0 radical (unpaired) electrons. The average Bonchev–Trinajstić information content (AvgIpc) is 3.43. The smallest absolute Gasteiger partial charge is 0.275 e. The van der Waals surface area contributed by atoms with Gasteiger partial charge >= 0.3 is 0 Å². The SMILES string of the molecule is Cc1[nH]n(-c2ccc([N+](=O)[O-])cc2)c(=O)c1C(/C=C/c1ccccc1)c1c(C)[nH]n(-c2ccc([N+](=O)[O-])cc2)c1=O. The largest absolute Gasteiger partial charge is 0.295 e. The van der Waals surface area contributed by atoms with Crippen LogP contribution in [0.3, 0.4) is 0 Å². The fourth-order valence-electron chi connectivity index (χ4n) is 4.77. The molecule has 0 saturated carbocycles. The van der Waals surface area contributed by atoms with Gasteiger partial charge in [-0.25, -0.2) is 9.36 Å². The Labute approximate surface area is 232 Å². The highest BCUT2D eigenvalue weighted by molar-refractivity contribution is 5.54. The van der Waals surface area contributed by atoms with Crippen LogP contribution in [0.4, 0.5) is 11.4 Å². The molecule has 5 rings (SSSR count). The van der Waals surface area contributed by atoms with Crippen LogP contribution in [-0.2, 0) is 0 Å². The molecule has 0 saturated heterocycles. The molecule has 0 spiro atoms. The summed E-state index contributed by atoms with van der Waals surface area (Å²) in [5.41, 5.74) is 2.29. The maximum absolute atomic E-state index is 13.8. The van der Waals surface area contributed by atoms with Crippen molar-refractivity contribution in [2.75, 3.05) is 0 Å². The zero-order valence-corrected chi connectivity index (χ0v) is 22.0. The Bertz CT molecular complexity index is 1780. The number of aromatic amines is 2. The molecule has 0 atom stereocenters. The second kappa shape index (κ2) is 10.8. The van der Waals surface area contributed by atoms with Gasteiger partial charge in [-0.05, 0) is 43.7 Å². The lowest BCUT2D eigenvalue weighted by molar-refractivity contribution is -0.385. The molecule has 2 heterocycles. The molecular weight excluding hydrogens is 528 g/mol. The first-order chi connectivity index (χ1) is 19.7. The number of benzene rings is 3. The van der Waals surface area contributed by atoms with E-state index in [4.69, 9.17) is 0 Å². The van der Waals surface area contributed by atoms with Crippen molar-refractivity contribution in [2.45, 2.75) is 19.8 Å². The molecule has 5 aromatic rings. The van der Waals surface area contributed by atoms with Crippen LogP contribution < -0.4 is 11.1 Å². The van der Waals surface area contributed by atoms with Gasteiger partial charge in [0.1, 0.15) is 0 Å². The van der Waals surface area contributed by atoms with Crippen LogP contribution in [-0.4, -0.2) is 29.4 Å². The van der Waals surface area contributed by atoms with Gasteiger partial charge in [0.25, 0.3) is 22.5 Å². The molecule has 0 aliphatic carbocycles. The van der Waals surface area contributed by atoms with Crippen LogP contribution in [0.5, 0.6) is 0 Å². The van der Waals surface area contributed by atoms with E-state index in [1.165, 1.54) is 57.9 Å². The minimum atomic E-state index is -0.777. The number of H-pyrrole nitrogens is 2. The van der Waals surface area contributed by atoms with Crippen LogP contribution >= 0.6 is 0 Å². The van der Waals surface area contributed by atoms with Crippen LogP contribution in [0.2, 0.25) is 0 Å². The van der Waals surface area contributed by atoms with Crippen molar-refractivity contribution in [3.8, 4) is 11.4 Å². The van der Waals surface area contributed by atoms with Crippen LogP contribution in [0.1, 0.15) is 34.0 Å². The van der Waals surface area contributed by atoms with E-state index in [0.29, 0.717) is 33.9 Å². The number of nitro benzene ring substituents is 2. The third-order valence-corrected chi connectivity index (χ3v) is 6.77. The quantitative estimate of drug-likeness (QED) is 0.205. The van der Waals surface area contributed by atoms with Crippen LogP contribution in [0.15, 0.2) is 94.5 Å². The first-order valence-electron chi connectivity index (χ1n) is 12.5. The highest BCUT2D eigenvalue weighted by atomic mass is 16.6. The highest BCUT2D eigenvalue weighted by Gasteiger charge is 2.28. The molecule has 2 N–H and O–H groups in total. The lowest BCUT2D eigenvalue weighted by atomic mass is 9.90. The van der Waals surface area contributed by atoms with Gasteiger partial charge in [0.2, 0.25) is 0 Å². The van der Waals surface area contributed by atoms with Gasteiger partial charge in [-0.3, -0.25) is 40.0 Å². The molecule has 206 valence electrons. The van der Waals surface area contributed by atoms with Crippen molar-refractivity contribution in [1.29, 1.82) is 0 Å². The summed E-state index contributed by atoms with van der Waals surface area (Å²) in [6, 6.07) is 20.5. The normalized spacial score (nSPS) is 11.4. The van der Waals surface area contributed by atoms with E-state index in [9.17, 15) is 29.8 Å². The van der Waals surface area contributed by atoms with Crippen molar-refractivity contribution in [2.24, 2.45) is 0 Å². The molecule has 0 fully saturated rings. The Morgan fingerprint density at radius 2 is 1.10 bits per heavy atom. The fourth-order valence-corrected chi connectivity index (χ4v) is 4.77. The Hall–Kier alpha value is -5.78. The number of hydrogen-bond donors (Lipinski definition) is 2. The third-order valence-electron chi connectivity index (χ3n) is 6.77. The molecule has 0 unspecified atom stereocenters. The molecule has 0 amide bonds. The van der Waals surface area contributed by atoms with E-state index in [1.54, 1.807) is 19.9 Å². The predicted molar refractivity (Wildman–Crippen MR) is 153 cm³/mol. The Morgan fingerprint density at radius 3 is 1.49 bits per heavy atom. The zero-order chi connectivity index (χ0) is 29.3. The van der Waals surface area contributed by atoms with Gasteiger partial charge in [-0.15, -0.1) is 0 Å². The number of nitrogens with zero attached hydrogens (tertiary/aromatic N) is 4. The predicted octanol–water partition coefficient (Wildman–Crippen LogP) is 4.92. The number of nitro groups is 2. The van der Waals surface area contributed by atoms with Crippen LogP contribution in [0, 0.1) is 34.1 Å². The van der Waals surface area contributed by atoms with Gasteiger partial charge in [-0.1, -0.05) is 42.5 Å². The lowest BCUT2D eigenvalue weighted by Gasteiger charge is -2.10. The summed E-state index contributed by atoms with van der Waals surface area (Å²) in [7, 11) is 0. The van der Waals surface area contributed by atoms with E-state index in [2.05, 4.69) is 10.2 Å². The molecule has 12 nitrogen and oxygen atoms in total. The Morgan fingerprint density at radius 1 is 0.683 bits per heavy atom. The summed E-state index contributed by atoms with van der Waals surface area (Å²) in [6.07, 6.45) is 3.61. The fraction of sp³-hybridized carbons (Fsp3) is 0.103. The highest BCUT2D eigenvalue weighted by Crippen LogP contribution is 2.28.